The van der Waals surface area contributed by atoms with Crippen LogP contribution < -0.4 is 5.48 Å². The van der Waals surface area contributed by atoms with Crippen molar-refractivity contribution in [3.63, 3.8) is 0 Å². The van der Waals surface area contributed by atoms with Crippen molar-refractivity contribution in [1.29, 1.82) is 0 Å². The molecule has 0 unspecified atom stereocenters. The first-order valence-electron chi connectivity index (χ1n) is 8.73. The summed E-state index contributed by atoms with van der Waals surface area (Å²) in [4.78, 5) is 25.7. The van der Waals surface area contributed by atoms with E-state index in [1.807, 2.05) is 59.5 Å². The molecule has 1 aliphatic heterocycles. The fraction of sp³-hybridized carbons (Fsp3) is 0.238. The number of rotatable bonds is 5. The van der Waals surface area contributed by atoms with Gasteiger partial charge in [-0.15, -0.1) is 0 Å². The van der Waals surface area contributed by atoms with Crippen LogP contribution in [0.15, 0.2) is 60.7 Å². The Kier molecular flexibility index (Phi) is 5.81. The van der Waals surface area contributed by atoms with Gasteiger partial charge in [0.1, 0.15) is 0 Å². The summed E-state index contributed by atoms with van der Waals surface area (Å²) in [7, 11) is 0. The molecule has 2 aromatic carbocycles. The number of likely N-dealkylation sites (tertiary alicyclic amines) is 1. The van der Waals surface area contributed by atoms with Crippen molar-refractivity contribution in [2.45, 2.75) is 25.3 Å². The Morgan fingerprint density at radius 3 is 2.54 bits per heavy atom. The molecule has 1 aliphatic rings. The molecular formula is C21H22N2O3. The predicted molar refractivity (Wildman–Crippen MR) is 99.2 cm³/mol. The Morgan fingerprint density at radius 1 is 1.12 bits per heavy atom. The van der Waals surface area contributed by atoms with E-state index < -0.39 is 5.91 Å². The van der Waals surface area contributed by atoms with E-state index >= 15 is 0 Å². The third-order valence-corrected chi connectivity index (χ3v) is 4.63. The third-order valence-electron chi connectivity index (χ3n) is 4.63. The Hall–Kier alpha value is -2.92. The highest BCUT2D eigenvalue weighted by atomic mass is 16.5. The molecule has 1 saturated heterocycles. The average Bonchev–Trinajstić information content (AvgIpc) is 3.17. The second-order valence-corrected chi connectivity index (χ2v) is 6.38. The van der Waals surface area contributed by atoms with Crippen LogP contribution in [0, 0.1) is 0 Å². The SMILES string of the molecule is O=C(/C=C/c1ccc([C@@H]2CCCN2C(=O)Cc2ccccc2)cc1)NO. The summed E-state index contributed by atoms with van der Waals surface area (Å²) in [6, 6.07) is 17.7. The fourth-order valence-electron chi connectivity index (χ4n) is 3.32. The number of hydrogen-bond acceptors (Lipinski definition) is 3. The number of nitrogens with one attached hydrogen (secondary N) is 1. The summed E-state index contributed by atoms with van der Waals surface area (Å²) in [6.07, 6.45) is 5.28. The van der Waals surface area contributed by atoms with Gasteiger partial charge in [-0.1, -0.05) is 54.6 Å². The fourth-order valence-corrected chi connectivity index (χ4v) is 3.32. The molecule has 3 rings (SSSR count). The van der Waals surface area contributed by atoms with E-state index in [-0.39, 0.29) is 11.9 Å². The molecule has 0 aliphatic carbocycles. The Morgan fingerprint density at radius 2 is 1.85 bits per heavy atom. The van der Waals surface area contributed by atoms with E-state index in [9.17, 15) is 9.59 Å². The van der Waals surface area contributed by atoms with E-state index in [2.05, 4.69) is 0 Å². The zero-order chi connectivity index (χ0) is 18.4. The van der Waals surface area contributed by atoms with Gasteiger partial charge in [-0.05, 0) is 35.6 Å². The van der Waals surface area contributed by atoms with Crippen LogP contribution in [0.3, 0.4) is 0 Å². The molecular weight excluding hydrogens is 328 g/mol. The van der Waals surface area contributed by atoms with Gasteiger partial charge in [0, 0.05) is 12.6 Å². The second kappa shape index (κ2) is 8.45. The molecule has 0 radical (unpaired) electrons. The lowest BCUT2D eigenvalue weighted by atomic mass is 10.0. The molecule has 0 spiro atoms. The quantitative estimate of drug-likeness (QED) is 0.494. The maximum atomic E-state index is 12.7. The molecule has 2 amide bonds. The lowest BCUT2D eigenvalue weighted by Gasteiger charge is -2.25. The molecule has 0 bridgehead atoms. The smallest absolute Gasteiger partial charge is 0.267 e. The minimum absolute atomic E-state index is 0.102. The highest BCUT2D eigenvalue weighted by molar-refractivity contribution is 5.90. The van der Waals surface area contributed by atoms with Crippen LogP contribution in [-0.2, 0) is 16.0 Å². The average molecular weight is 350 g/mol. The maximum Gasteiger partial charge on any atom is 0.267 e. The highest BCUT2D eigenvalue weighted by Gasteiger charge is 2.29. The van der Waals surface area contributed by atoms with Crippen LogP contribution in [0.25, 0.3) is 6.08 Å². The first kappa shape index (κ1) is 17.9. The number of amides is 2. The molecule has 26 heavy (non-hydrogen) atoms. The van der Waals surface area contributed by atoms with Crippen LogP contribution in [0.4, 0.5) is 0 Å². The summed E-state index contributed by atoms with van der Waals surface area (Å²) in [5.74, 6) is -0.412. The van der Waals surface area contributed by atoms with Crippen LogP contribution in [0.2, 0.25) is 0 Å². The zero-order valence-electron chi connectivity index (χ0n) is 14.5. The van der Waals surface area contributed by atoms with E-state index in [1.165, 1.54) is 6.08 Å². The number of hydroxylamine groups is 1. The number of hydrogen-bond donors (Lipinski definition) is 2. The van der Waals surface area contributed by atoms with Gasteiger partial charge in [0.25, 0.3) is 5.91 Å². The number of carbonyl (C=O) groups excluding carboxylic acids is 2. The van der Waals surface area contributed by atoms with Gasteiger partial charge >= 0.3 is 0 Å². The van der Waals surface area contributed by atoms with Gasteiger partial charge in [0.15, 0.2) is 0 Å². The normalized spacial score (nSPS) is 16.8. The lowest BCUT2D eigenvalue weighted by molar-refractivity contribution is -0.131. The van der Waals surface area contributed by atoms with E-state index in [1.54, 1.807) is 11.6 Å². The Labute approximate surface area is 152 Å². The molecule has 0 saturated carbocycles. The van der Waals surface area contributed by atoms with Gasteiger partial charge < -0.3 is 4.90 Å². The highest BCUT2D eigenvalue weighted by Crippen LogP contribution is 2.32. The Bertz CT molecular complexity index is 785. The first-order chi connectivity index (χ1) is 12.7. The Balaban J connectivity index is 1.68. The van der Waals surface area contributed by atoms with Crippen molar-refractivity contribution in [2.24, 2.45) is 0 Å². The summed E-state index contributed by atoms with van der Waals surface area (Å²) >= 11 is 0. The third kappa shape index (κ3) is 4.37. The first-order valence-corrected chi connectivity index (χ1v) is 8.73. The number of carbonyl (C=O) groups is 2. The summed E-state index contributed by atoms with van der Waals surface area (Å²) in [6.45, 7) is 0.786. The van der Waals surface area contributed by atoms with Crippen molar-refractivity contribution in [3.8, 4) is 0 Å². The van der Waals surface area contributed by atoms with Gasteiger partial charge in [-0.25, -0.2) is 5.48 Å². The number of benzene rings is 2. The van der Waals surface area contributed by atoms with Gasteiger partial charge in [-0.3, -0.25) is 14.8 Å². The van der Waals surface area contributed by atoms with Crippen molar-refractivity contribution in [2.75, 3.05) is 6.54 Å². The van der Waals surface area contributed by atoms with Crippen molar-refractivity contribution >= 4 is 17.9 Å². The molecule has 2 N–H and O–H groups in total. The van der Waals surface area contributed by atoms with E-state index in [0.29, 0.717) is 6.42 Å². The van der Waals surface area contributed by atoms with E-state index in [0.717, 1.165) is 36.1 Å². The summed E-state index contributed by atoms with van der Waals surface area (Å²) in [5.41, 5.74) is 4.56. The molecule has 5 heteroatoms. The molecule has 1 fully saturated rings. The van der Waals surface area contributed by atoms with Gasteiger partial charge in [0.05, 0.1) is 12.5 Å². The monoisotopic (exact) mass is 350 g/mol. The largest absolute Gasteiger partial charge is 0.335 e. The van der Waals surface area contributed by atoms with Crippen molar-refractivity contribution in [3.05, 3.63) is 77.4 Å². The topological polar surface area (TPSA) is 69.6 Å². The molecule has 1 heterocycles. The van der Waals surface area contributed by atoms with E-state index in [4.69, 9.17) is 5.21 Å². The van der Waals surface area contributed by atoms with Crippen molar-refractivity contribution in [1.82, 2.24) is 10.4 Å². The minimum atomic E-state index is -0.567. The van der Waals surface area contributed by atoms with Gasteiger partial charge in [0.2, 0.25) is 5.91 Å². The van der Waals surface area contributed by atoms with Crippen LogP contribution in [0.1, 0.15) is 35.6 Å². The lowest BCUT2D eigenvalue weighted by Crippen LogP contribution is -2.31. The van der Waals surface area contributed by atoms with Crippen LogP contribution in [0.5, 0.6) is 0 Å². The predicted octanol–water partition coefficient (Wildman–Crippen LogP) is 3.11. The molecule has 134 valence electrons. The summed E-state index contributed by atoms with van der Waals surface area (Å²) < 4.78 is 0. The number of nitrogens with zero attached hydrogens (tertiary/aromatic N) is 1. The molecule has 2 aromatic rings. The van der Waals surface area contributed by atoms with Crippen molar-refractivity contribution < 1.29 is 14.8 Å². The van der Waals surface area contributed by atoms with Crippen LogP contribution >= 0.6 is 0 Å². The van der Waals surface area contributed by atoms with Gasteiger partial charge in [-0.2, -0.15) is 0 Å². The second-order valence-electron chi connectivity index (χ2n) is 6.38. The maximum absolute atomic E-state index is 12.7. The zero-order valence-corrected chi connectivity index (χ0v) is 14.5. The molecule has 5 nitrogen and oxygen atoms in total. The minimum Gasteiger partial charge on any atom is -0.335 e. The standard InChI is InChI=1S/C21H22N2O3/c24-20(22-26)13-10-16-8-11-18(12-9-16)19-7-4-14-23(19)21(25)15-17-5-2-1-3-6-17/h1-3,5-6,8-13,19,26H,4,7,14-15H2,(H,22,24)/b13-10+/t19-/m0/s1. The summed E-state index contributed by atoms with van der Waals surface area (Å²) in [5, 5.41) is 8.50. The van der Waals surface area contributed by atoms with Crippen LogP contribution in [-0.4, -0.2) is 28.5 Å². The molecule has 0 aromatic heterocycles. The molecule has 1 atom stereocenters.